The van der Waals surface area contributed by atoms with Crippen LogP contribution in [0.5, 0.6) is 0 Å². The van der Waals surface area contributed by atoms with E-state index >= 15 is 0 Å². The third-order valence-corrected chi connectivity index (χ3v) is 5.50. The first-order valence-corrected chi connectivity index (χ1v) is 8.71. The number of aryl methyl sites for hydroxylation is 4. The molecule has 7 heteroatoms. The molecule has 114 valence electrons. The summed E-state index contributed by atoms with van der Waals surface area (Å²) in [5.41, 5.74) is 3.46. The third kappa shape index (κ3) is 2.98. The minimum absolute atomic E-state index is 0.242. The molecule has 0 radical (unpaired) electrons. The highest BCUT2D eigenvalue weighted by molar-refractivity contribution is 9.10. The Kier molecular flexibility index (Phi) is 4.17. The molecule has 2 aromatic rings. The molecule has 0 aliphatic rings. The van der Waals surface area contributed by atoms with Crippen molar-refractivity contribution >= 4 is 31.6 Å². The van der Waals surface area contributed by atoms with Gasteiger partial charge >= 0.3 is 0 Å². The lowest BCUT2D eigenvalue weighted by Crippen LogP contribution is -2.16. The lowest BCUT2D eigenvalue weighted by atomic mass is 10.1. The lowest BCUT2D eigenvalue weighted by molar-refractivity contribution is 0.599. The normalized spacial score (nSPS) is 11.7. The first-order chi connectivity index (χ1) is 9.63. The highest BCUT2D eigenvalue weighted by atomic mass is 79.9. The van der Waals surface area contributed by atoms with Crippen molar-refractivity contribution in [3.8, 4) is 0 Å². The lowest BCUT2D eigenvalue weighted by Gasteiger charge is -2.14. The van der Waals surface area contributed by atoms with E-state index in [1.165, 1.54) is 0 Å². The Hall–Kier alpha value is -1.34. The topological polar surface area (TPSA) is 64.0 Å². The van der Waals surface area contributed by atoms with Gasteiger partial charge < -0.3 is 0 Å². The van der Waals surface area contributed by atoms with E-state index in [1.807, 2.05) is 26.0 Å². The molecule has 0 fully saturated rings. The van der Waals surface area contributed by atoms with Gasteiger partial charge in [-0.1, -0.05) is 15.9 Å². The van der Waals surface area contributed by atoms with Crippen molar-refractivity contribution in [2.45, 2.75) is 32.6 Å². The molecule has 0 aliphatic carbocycles. The summed E-state index contributed by atoms with van der Waals surface area (Å²) in [6.07, 6.45) is 0. The molecule has 0 amide bonds. The van der Waals surface area contributed by atoms with Crippen LogP contribution in [0.2, 0.25) is 0 Å². The molecule has 1 aromatic heterocycles. The Labute approximate surface area is 133 Å². The van der Waals surface area contributed by atoms with Crippen LogP contribution < -0.4 is 4.72 Å². The standard InChI is InChI=1S/C14H18BrN3O2S/c1-8-6-12(15)7-9(2)13(8)17-21(19,20)14-10(3)16-18(5)11(14)4/h6-7,17H,1-5H3. The number of anilines is 1. The van der Waals surface area contributed by atoms with E-state index in [9.17, 15) is 8.42 Å². The first-order valence-electron chi connectivity index (χ1n) is 6.43. The van der Waals surface area contributed by atoms with Gasteiger partial charge in [0.1, 0.15) is 4.90 Å². The first kappa shape index (κ1) is 16.0. The van der Waals surface area contributed by atoms with Crippen LogP contribution in [-0.2, 0) is 17.1 Å². The summed E-state index contributed by atoms with van der Waals surface area (Å²) >= 11 is 3.41. The van der Waals surface area contributed by atoms with E-state index in [2.05, 4.69) is 25.8 Å². The largest absolute Gasteiger partial charge is 0.279 e. The summed E-state index contributed by atoms with van der Waals surface area (Å²) in [6, 6.07) is 3.77. The quantitative estimate of drug-likeness (QED) is 0.900. The van der Waals surface area contributed by atoms with Crippen LogP contribution in [0.15, 0.2) is 21.5 Å². The average molecular weight is 372 g/mol. The second-order valence-corrected chi connectivity index (χ2v) is 7.68. The Morgan fingerprint density at radius 3 is 2.10 bits per heavy atom. The third-order valence-electron chi connectivity index (χ3n) is 3.45. The maximum Gasteiger partial charge on any atom is 0.265 e. The van der Waals surface area contributed by atoms with Crippen molar-refractivity contribution in [2.75, 3.05) is 4.72 Å². The highest BCUT2D eigenvalue weighted by Crippen LogP contribution is 2.29. The Morgan fingerprint density at radius 1 is 1.14 bits per heavy atom. The van der Waals surface area contributed by atoms with Crippen molar-refractivity contribution in [3.05, 3.63) is 39.1 Å². The van der Waals surface area contributed by atoms with Crippen LogP contribution >= 0.6 is 15.9 Å². The zero-order chi connectivity index (χ0) is 15.9. The molecule has 21 heavy (non-hydrogen) atoms. The number of hydrogen-bond acceptors (Lipinski definition) is 3. The van der Waals surface area contributed by atoms with E-state index in [1.54, 1.807) is 25.6 Å². The van der Waals surface area contributed by atoms with Crippen LogP contribution in [-0.4, -0.2) is 18.2 Å². The van der Waals surface area contributed by atoms with Crippen LogP contribution in [0.25, 0.3) is 0 Å². The summed E-state index contributed by atoms with van der Waals surface area (Å²) in [6.45, 7) is 7.19. The molecule has 0 saturated heterocycles. The van der Waals surface area contributed by atoms with Crippen molar-refractivity contribution in [2.24, 2.45) is 7.05 Å². The van der Waals surface area contributed by atoms with Crippen molar-refractivity contribution in [3.63, 3.8) is 0 Å². The Bertz CT molecular complexity index is 787. The molecular formula is C14H18BrN3O2S. The molecule has 0 atom stereocenters. The van der Waals surface area contributed by atoms with Gasteiger partial charge in [0.2, 0.25) is 0 Å². The summed E-state index contributed by atoms with van der Waals surface area (Å²) in [5, 5.41) is 4.17. The van der Waals surface area contributed by atoms with Crippen molar-refractivity contribution in [1.29, 1.82) is 0 Å². The number of benzene rings is 1. The van der Waals surface area contributed by atoms with Crippen LogP contribution in [0, 0.1) is 27.7 Å². The van der Waals surface area contributed by atoms with Gasteiger partial charge in [-0.25, -0.2) is 8.42 Å². The number of nitrogens with one attached hydrogen (secondary N) is 1. The van der Waals surface area contributed by atoms with Gasteiger partial charge in [0.15, 0.2) is 0 Å². The molecule has 1 heterocycles. The molecular weight excluding hydrogens is 354 g/mol. The van der Waals surface area contributed by atoms with E-state index in [-0.39, 0.29) is 4.90 Å². The van der Waals surface area contributed by atoms with E-state index in [0.717, 1.165) is 15.6 Å². The van der Waals surface area contributed by atoms with Gasteiger partial charge in [-0.2, -0.15) is 5.10 Å². The second kappa shape index (κ2) is 5.46. The van der Waals surface area contributed by atoms with Gasteiger partial charge in [0, 0.05) is 11.5 Å². The fourth-order valence-corrected chi connectivity index (χ4v) is 4.73. The molecule has 0 bridgehead atoms. The summed E-state index contributed by atoms with van der Waals surface area (Å²) < 4.78 is 30.5. The monoisotopic (exact) mass is 371 g/mol. The molecule has 0 aliphatic heterocycles. The molecule has 1 aromatic carbocycles. The number of sulfonamides is 1. The van der Waals surface area contributed by atoms with Gasteiger partial charge in [-0.3, -0.25) is 9.40 Å². The average Bonchev–Trinajstić information content (AvgIpc) is 2.58. The molecule has 5 nitrogen and oxygen atoms in total. The zero-order valence-electron chi connectivity index (χ0n) is 12.7. The molecule has 1 N–H and O–H groups in total. The fourth-order valence-electron chi connectivity index (χ4n) is 2.40. The Morgan fingerprint density at radius 2 is 1.67 bits per heavy atom. The van der Waals surface area contributed by atoms with Crippen molar-refractivity contribution in [1.82, 2.24) is 9.78 Å². The zero-order valence-corrected chi connectivity index (χ0v) is 15.1. The number of hydrogen-bond donors (Lipinski definition) is 1. The van der Waals surface area contributed by atoms with Gasteiger partial charge in [0.05, 0.1) is 17.1 Å². The smallest absolute Gasteiger partial charge is 0.265 e. The molecule has 2 rings (SSSR count). The van der Waals surface area contributed by atoms with Gasteiger partial charge in [-0.05, 0) is 51.0 Å². The second-order valence-electron chi connectivity index (χ2n) is 5.14. The van der Waals surface area contributed by atoms with Crippen LogP contribution in [0.3, 0.4) is 0 Å². The van der Waals surface area contributed by atoms with E-state index in [0.29, 0.717) is 17.1 Å². The number of aromatic nitrogens is 2. The van der Waals surface area contributed by atoms with Crippen LogP contribution in [0.1, 0.15) is 22.5 Å². The highest BCUT2D eigenvalue weighted by Gasteiger charge is 2.24. The minimum atomic E-state index is -3.66. The fraction of sp³-hybridized carbons (Fsp3) is 0.357. The van der Waals surface area contributed by atoms with Gasteiger partial charge in [0.25, 0.3) is 10.0 Å². The number of rotatable bonds is 3. The SMILES string of the molecule is Cc1cc(Br)cc(C)c1NS(=O)(=O)c1c(C)nn(C)c1C. The predicted molar refractivity (Wildman–Crippen MR) is 87.1 cm³/mol. The summed E-state index contributed by atoms with van der Waals surface area (Å²) in [4.78, 5) is 0.242. The van der Waals surface area contributed by atoms with Crippen LogP contribution in [0.4, 0.5) is 5.69 Å². The molecule has 0 saturated carbocycles. The van der Waals surface area contributed by atoms with Gasteiger partial charge in [-0.15, -0.1) is 0 Å². The number of halogens is 1. The summed E-state index contributed by atoms with van der Waals surface area (Å²) in [7, 11) is -1.93. The molecule has 0 spiro atoms. The predicted octanol–water partition coefficient (Wildman–Crippen LogP) is 3.22. The summed E-state index contributed by atoms with van der Waals surface area (Å²) in [5.74, 6) is 0. The number of nitrogens with zero attached hydrogens (tertiary/aromatic N) is 2. The maximum atomic E-state index is 12.7. The van der Waals surface area contributed by atoms with E-state index in [4.69, 9.17) is 0 Å². The Balaban J connectivity index is 2.53. The molecule has 0 unspecified atom stereocenters. The minimum Gasteiger partial charge on any atom is -0.279 e. The maximum absolute atomic E-state index is 12.7. The van der Waals surface area contributed by atoms with Crippen molar-refractivity contribution < 1.29 is 8.42 Å². The van der Waals surface area contributed by atoms with E-state index < -0.39 is 10.0 Å².